The molecule has 0 fully saturated rings. The fourth-order valence-corrected chi connectivity index (χ4v) is 1.78. The maximum atomic E-state index is 11.8. The molecule has 5 heteroatoms. The van der Waals surface area contributed by atoms with E-state index in [1.165, 1.54) is 0 Å². The summed E-state index contributed by atoms with van der Waals surface area (Å²) in [6.07, 6.45) is 1.61. The van der Waals surface area contributed by atoms with Gasteiger partial charge < -0.3 is 15.4 Å². The summed E-state index contributed by atoms with van der Waals surface area (Å²) in [5.74, 6) is 0.699. The molecule has 4 nitrogen and oxygen atoms in total. The van der Waals surface area contributed by atoms with Crippen molar-refractivity contribution < 1.29 is 9.53 Å². The van der Waals surface area contributed by atoms with E-state index in [1.807, 2.05) is 6.92 Å². The van der Waals surface area contributed by atoms with Gasteiger partial charge in [-0.15, -0.1) is 0 Å². The van der Waals surface area contributed by atoms with Gasteiger partial charge in [0.05, 0.1) is 12.6 Å². The Morgan fingerprint density at radius 2 is 2.05 bits per heavy atom. The number of amides is 1. The van der Waals surface area contributed by atoms with Crippen molar-refractivity contribution in [3.05, 3.63) is 29.3 Å². The summed E-state index contributed by atoms with van der Waals surface area (Å²) in [6, 6.07) is 6.72. The first kappa shape index (κ1) is 15.8. The van der Waals surface area contributed by atoms with Gasteiger partial charge >= 0.3 is 0 Å². The van der Waals surface area contributed by atoms with E-state index >= 15 is 0 Å². The third kappa shape index (κ3) is 5.49. The Morgan fingerprint density at radius 3 is 2.63 bits per heavy atom. The maximum absolute atomic E-state index is 11.8. The van der Waals surface area contributed by atoms with E-state index in [2.05, 4.69) is 0 Å². The molecule has 0 radical (unpaired) electrons. The lowest BCUT2D eigenvalue weighted by molar-refractivity contribution is -0.131. The van der Waals surface area contributed by atoms with Crippen molar-refractivity contribution in [2.24, 2.45) is 5.73 Å². The number of hydrogen-bond donors (Lipinski definition) is 1. The fourth-order valence-electron chi connectivity index (χ4n) is 1.66. The number of ether oxygens (including phenoxy) is 1. The molecule has 1 rings (SSSR count). The normalized spacial score (nSPS) is 12.0. The molecule has 0 heterocycles. The number of halogens is 1. The Hall–Kier alpha value is -1.26. The molecule has 1 atom stereocenters. The van der Waals surface area contributed by atoms with Crippen LogP contribution in [-0.4, -0.2) is 37.0 Å². The van der Waals surface area contributed by atoms with Gasteiger partial charge in [-0.1, -0.05) is 24.9 Å². The van der Waals surface area contributed by atoms with Gasteiger partial charge in [0.2, 0.25) is 5.91 Å². The molecule has 1 amide bonds. The number of nitrogens with zero attached hydrogens (tertiary/aromatic N) is 1. The minimum Gasteiger partial charge on any atom is -0.492 e. The first-order valence-corrected chi connectivity index (χ1v) is 6.81. The molecule has 0 aromatic heterocycles. The third-order valence-electron chi connectivity index (χ3n) is 2.80. The number of rotatable bonds is 7. The highest BCUT2D eigenvalue weighted by Crippen LogP contribution is 2.15. The second kappa shape index (κ2) is 8.02. The SMILES string of the molecule is CCC[C@@H](N)C(=O)N(C)CCOc1ccc(Cl)cc1. The van der Waals surface area contributed by atoms with E-state index in [0.29, 0.717) is 24.6 Å². The van der Waals surface area contributed by atoms with Gasteiger partial charge in [-0.2, -0.15) is 0 Å². The standard InChI is InChI=1S/C14H21ClN2O2/c1-3-4-13(16)14(18)17(2)9-10-19-12-7-5-11(15)6-8-12/h5-8,13H,3-4,9-10,16H2,1-2H3/t13-/m1/s1. The van der Waals surface area contributed by atoms with E-state index in [-0.39, 0.29) is 5.91 Å². The molecule has 106 valence electrons. The summed E-state index contributed by atoms with van der Waals surface area (Å²) in [7, 11) is 1.74. The Kier molecular flexibility index (Phi) is 6.67. The smallest absolute Gasteiger partial charge is 0.239 e. The van der Waals surface area contributed by atoms with Crippen molar-refractivity contribution in [2.45, 2.75) is 25.8 Å². The van der Waals surface area contributed by atoms with Crippen molar-refractivity contribution in [1.29, 1.82) is 0 Å². The van der Waals surface area contributed by atoms with Crippen LogP contribution >= 0.6 is 11.6 Å². The van der Waals surface area contributed by atoms with E-state index in [9.17, 15) is 4.79 Å². The fraction of sp³-hybridized carbons (Fsp3) is 0.500. The molecule has 0 unspecified atom stereocenters. The molecule has 0 aliphatic heterocycles. The number of hydrogen-bond acceptors (Lipinski definition) is 3. The minimum atomic E-state index is -0.412. The molecule has 0 aliphatic carbocycles. The summed E-state index contributed by atoms with van der Waals surface area (Å²) in [5.41, 5.74) is 5.78. The largest absolute Gasteiger partial charge is 0.492 e. The first-order chi connectivity index (χ1) is 9.04. The summed E-state index contributed by atoms with van der Waals surface area (Å²) in [6.45, 7) is 2.96. The predicted octanol–water partition coefficient (Wildman–Crippen LogP) is 2.30. The molecule has 1 aromatic carbocycles. The first-order valence-electron chi connectivity index (χ1n) is 6.43. The number of carbonyl (C=O) groups excluding carboxylic acids is 1. The lowest BCUT2D eigenvalue weighted by Gasteiger charge is -2.21. The predicted molar refractivity (Wildman–Crippen MR) is 77.5 cm³/mol. The molecule has 19 heavy (non-hydrogen) atoms. The van der Waals surface area contributed by atoms with E-state index in [4.69, 9.17) is 22.1 Å². The Bertz CT molecular complexity index is 395. The van der Waals surface area contributed by atoms with Crippen molar-refractivity contribution in [3.8, 4) is 5.75 Å². The molecular formula is C14H21ClN2O2. The molecular weight excluding hydrogens is 264 g/mol. The topological polar surface area (TPSA) is 55.6 Å². The molecule has 1 aromatic rings. The van der Waals surface area contributed by atoms with Crippen molar-refractivity contribution >= 4 is 17.5 Å². The van der Waals surface area contributed by atoms with Crippen molar-refractivity contribution in [1.82, 2.24) is 4.90 Å². The molecule has 0 saturated heterocycles. The zero-order valence-corrected chi connectivity index (χ0v) is 12.2. The van der Waals surface area contributed by atoms with Crippen LogP contribution < -0.4 is 10.5 Å². The number of likely N-dealkylation sites (N-methyl/N-ethyl adjacent to an activating group) is 1. The third-order valence-corrected chi connectivity index (χ3v) is 3.05. The Morgan fingerprint density at radius 1 is 1.42 bits per heavy atom. The van der Waals surface area contributed by atoms with Gasteiger partial charge in [-0.05, 0) is 30.7 Å². The van der Waals surface area contributed by atoms with Crippen LogP contribution in [-0.2, 0) is 4.79 Å². The van der Waals surface area contributed by atoms with Gasteiger partial charge in [0, 0.05) is 12.1 Å². The minimum absolute atomic E-state index is 0.0402. The second-order valence-corrected chi connectivity index (χ2v) is 4.89. The van der Waals surface area contributed by atoms with Gasteiger partial charge in [-0.25, -0.2) is 0 Å². The molecule has 0 spiro atoms. The van der Waals surface area contributed by atoms with Gasteiger partial charge in [-0.3, -0.25) is 4.79 Å². The zero-order valence-electron chi connectivity index (χ0n) is 11.4. The summed E-state index contributed by atoms with van der Waals surface area (Å²) >= 11 is 5.78. The average Bonchev–Trinajstić information content (AvgIpc) is 2.40. The second-order valence-electron chi connectivity index (χ2n) is 4.46. The van der Waals surface area contributed by atoms with Crippen molar-refractivity contribution in [2.75, 3.05) is 20.2 Å². The molecule has 0 aliphatic rings. The lowest BCUT2D eigenvalue weighted by atomic mass is 10.1. The highest BCUT2D eigenvalue weighted by atomic mass is 35.5. The van der Waals surface area contributed by atoms with Crippen LogP contribution in [0.3, 0.4) is 0 Å². The summed E-state index contributed by atoms with van der Waals surface area (Å²) in [4.78, 5) is 13.5. The number of nitrogens with two attached hydrogens (primary N) is 1. The van der Waals surface area contributed by atoms with Gasteiger partial charge in [0.1, 0.15) is 12.4 Å². The van der Waals surface area contributed by atoms with Crippen LogP contribution in [0.25, 0.3) is 0 Å². The van der Waals surface area contributed by atoms with Crippen LogP contribution in [0.15, 0.2) is 24.3 Å². The monoisotopic (exact) mass is 284 g/mol. The molecule has 0 bridgehead atoms. The zero-order chi connectivity index (χ0) is 14.3. The van der Waals surface area contributed by atoms with Crippen LogP contribution in [0, 0.1) is 0 Å². The molecule has 2 N–H and O–H groups in total. The van der Waals surface area contributed by atoms with E-state index in [0.717, 1.165) is 12.2 Å². The summed E-state index contributed by atoms with van der Waals surface area (Å²) < 4.78 is 5.53. The summed E-state index contributed by atoms with van der Waals surface area (Å²) in [5, 5.41) is 0.671. The highest BCUT2D eigenvalue weighted by molar-refractivity contribution is 6.30. The van der Waals surface area contributed by atoms with Crippen molar-refractivity contribution in [3.63, 3.8) is 0 Å². The van der Waals surface area contributed by atoms with Gasteiger partial charge in [0.15, 0.2) is 0 Å². The number of benzene rings is 1. The molecule has 0 saturated carbocycles. The van der Waals surface area contributed by atoms with E-state index in [1.54, 1.807) is 36.2 Å². The van der Waals surface area contributed by atoms with Crippen LogP contribution in [0.5, 0.6) is 5.75 Å². The number of carbonyl (C=O) groups is 1. The van der Waals surface area contributed by atoms with Crippen LogP contribution in [0.1, 0.15) is 19.8 Å². The Labute approximate surface area is 119 Å². The average molecular weight is 285 g/mol. The Balaban J connectivity index is 2.32. The van der Waals surface area contributed by atoms with E-state index < -0.39 is 6.04 Å². The maximum Gasteiger partial charge on any atom is 0.239 e. The van der Waals surface area contributed by atoms with Gasteiger partial charge in [0.25, 0.3) is 0 Å². The van der Waals surface area contributed by atoms with Crippen LogP contribution in [0.4, 0.5) is 0 Å². The highest BCUT2D eigenvalue weighted by Gasteiger charge is 2.16. The lowest BCUT2D eigenvalue weighted by Crippen LogP contribution is -2.43. The van der Waals surface area contributed by atoms with Crippen LogP contribution in [0.2, 0.25) is 5.02 Å². The quantitative estimate of drug-likeness (QED) is 0.836.